The predicted octanol–water partition coefficient (Wildman–Crippen LogP) is 3.92. The standard InChI is InChI=1S/C16H31F3N2/c1-6-20-14-8-7-13(15(2,3)4)9-12(14)10-21(5)11-16(17,18)19/h12-14,20H,6-11H2,1-5H3. The van der Waals surface area contributed by atoms with Crippen molar-refractivity contribution in [2.75, 3.05) is 26.7 Å². The molecule has 2 nitrogen and oxygen atoms in total. The largest absolute Gasteiger partial charge is 0.401 e. The zero-order valence-corrected chi connectivity index (χ0v) is 14.1. The van der Waals surface area contributed by atoms with E-state index in [1.54, 1.807) is 7.05 Å². The van der Waals surface area contributed by atoms with Crippen molar-refractivity contribution in [2.24, 2.45) is 17.3 Å². The zero-order chi connectivity index (χ0) is 16.3. The Morgan fingerprint density at radius 2 is 1.76 bits per heavy atom. The maximum absolute atomic E-state index is 12.5. The lowest BCUT2D eigenvalue weighted by atomic mass is 9.67. The molecule has 0 heterocycles. The van der Waals surface area contributed by atoms with Crippen LogP contribution >= 0.6 is 0 Å². The van der Waals surface area contributed by atoms with Crippen LogP contribution in [0, 0.1) is 17.3 Å². The van der Waals surface area contributed by atoms with Gasteiger partial charge in [-0.15, -0.1) is 0 Å². The first-order valence-electron chi connectivity index (χ1n) is 8.01. The SMILES string of the molecule is CCNC1CCC(C(C)(C)C)CC1CN(C)CC(F)(F)F. The number of rotatable bonds is 5. The highest BCUT2D eigenvalue weighted by atomic mass is 19.4. The van der Waals surface area contributed by atoms with Gasteiger partial charge in [-0.3, -0.25) is 4.90 Å². The zero-order valence-electron chi connectivity index (χ0n) is 14.1. The van der Waals surface area contributed by atoms with Crippen LogP contribution in [0.5, 0.6) is 0 Å². The molecule has 1 rings (SSSR count). The molecule has 0 aliphatic heterocycles. The quantitative estimate of drug-likeness (QED) is 0.828. The molecule has 1 aliphatic carbocycles. The summed E-state index contributed by atoms with van der Waals surface area (Å²) in [6, 6.07) is 0.351. The average Bonchev–Trinajstić information content (AvgIpc) is 2.27. The molecule has 0 radical (unpaired) electrons. The second-order valence-electron chi connectivity index (χ2n) is 7.61. The van der Waals surface area contributed by atoms with Gasteiger partial charge in [0.2, 0.25) is 0 Å². The maximum atomic E-state index is 12.5. The molecule has 1 aliphatic rings. The van der Waals surface area contributed by atoms with E-state index in [-0.39, 0.29) is 5.41 Å². The van der Waals surface area contributed by atoms with Gasteiger partial charge in [0.1, 0.15) is 0 Å². The van der Waals surface area contributed by atoms with E-state index in [1.807, 2.05) is 0 Å². The molecule has 0 saturated heterocycles. The van der Waals surface area contributed by atoms with E-state index >= 15 is 0 Å². The maximum Gasteiger partial charge on any atom is 0.401 e. The summed E-state index contributed by atoms with van der Waals surface area (Å²) >= 11 is 0. The Balaban J connectivity index is 2.67. The Morgan fingerprint density at radius 1 is 1.14 bits per heavy atom. The second-order valence-corrected chi connectivity index (χ2v) is 7.61. The van der Waals surface area contributed by atoms with E-state index in [2.05, 4.69) is 33.0 Å². The van der Waals surface area contributed by atoms with Gasteiger partial charge in [-0.1, -0.05) is 27.7 Å². The third-order valence-electron chi connectivity index (χ3n) is 4.67. The first-order valence-corrected chi connectivity index (χ1v) is 8.01. The Morgan fingerprint density at radius 3 is 2.24 bits per heavy atom. The molecule has 3 unspecified atom stereocenters. The van der Waals surface area contributed by atoms with Crippen LogP contribution in [-0.2, 0) is 0 Å². The minimum atomic E-state index is -4.11. The van der Waals surface area contributed by atoms with Gasteiger partial charge < -0.3 is 5.32 Å². The number of nitrogens with zero attached hydrogens (tertiary/aromatic N) is 1. The summed E-state index contributed by atoms with van der Waals surface area (Å²) in [5, 5.41) is 3.47. The Hall–Kier alpha value is -0.290. The lowest BCUT2D eigenvalue weighted by Crippen LogP contribution is -2.48. The third kappa shape index (κ3) is 6.55. The topological polar surface area (TPSA) is 15.3 Å². The molecule has 1 fully saturated rings. The van der Waals surface area contributed by atoms with Crippen LogP contribution in [0.3, 0.4) is 0 Å². The monoisotopic (exact) mass is 308 g/mol. The minimum Gasteiger partial charge on any atom is -0.314 e. The van der Waals surface area contributed by atoms with Crippen molar-refractivity contribution in [3.63, 3.8) is 0 Å². The van der Waals surface area contributed by atoms with Crippen molar-refractivity contribution in [2.45, 2.75) is 59.2 Å². The number of nitrogens with one attached hydrogen (secondary N) is 1. The lowest BCUT2D eigenvalue weighted by molar-refractivity contribution is -0.145. The molecule has 0 aromatic heterocycles. The summed E-state index contributed by atoms with van der Waals surface area (Å²) in [4.78, 5) is 1.43. The van der Waals surface area contributed by atoms with Crippen LogP contribution in [0.4, 0.5) is 13.2 Å². The van der Waals surface area contributed by atoms with Gasteiger partial charge in [0.05, 0.1) is 6.54 Å². The smallest absolute Gasteiger partial charge is 0.314 e. The molecule has 1 N–H and O–H groups in total. The highest BCUT2D eigenvalue weighted by molar-refractivity contribution is 4.90. The summed E-state index contributed by atoms with van der Waals surface area (Å²) in [7, 11) is 1.58. The van der Waals surface area contributed by atoms with Crippen molar-refractivity contribution in [3.8, 4) is 0 Å². The van der Waals surface area contributed by atoms with Gasteiger partial charge in [-0.25, -0.2) is 0 Å². The minimum absolute atomic E-state index is 0.234. The van der Waals surface area contributed by atoms with Gasteiger partial charge >= 0.3 is 6.18 Å². The number of hydrogen-bond acceptors (Lipinski definition) is 2. The van der Waals surface area contributed by atoms with Crippen LogP contribution in [0.2, 0.25) is 0 Å². The van der Waals surface area contributed by atoms with Crippen molar-refractivity contribution < 1.29 is 13.2 Å². The summed E-state index contributed by atoms with van der Waals surface area (Å²) in [5.41, 5.74) is 0.234. The Labute approximate surface area is 127 Å². The molecule has 0 spiro atoms. The number of halogens is 3. The van der Waals surface area contributed by atoms with Crippen LogP contribution in [0.25, 0.3) is 0 Å². The molecule has 21 heavy (non-hydrogen) atoms. The number of alkyl halides is 3. The molecular formula is C16H31F3N2. The normalized spacial score (nSPS) is 28.1. The molecule has 0 bridgehead atoms. The van der Waals surface area contributed by atoms with Crippen LogP contribution < -0.4 is 5.32 Å². The molecule has 1 saturated carbocycles. The second kappa shape index (κ2) is 7.32. The molecule has 3 atom stereocenters. The first kappa shape index (κ1) is 18.8. The molecule has 5 heteroatoms. The van der Waals surface area contributed by atoms with Crippen LogP contribution in [0.1, 0.15) is 47.0 Å². The molecule has 0 aromatic rings. The van der Waals surface area contributed by atoms with E-state index in [0.29, 0.717) is 24.4 Å². The molecular weight excluding hydrogens is 277 g/mol. The average molecular weight is 308 g/mol. The van der Waals surface area contributed by atoms with E-state index in [0.717, 1.165) is 19.4 Å². The van der Waals surface area contributed by atoms with Crippen LogP contribution in [0.15, 0.2) is 0 Å². The summed E-state index contributed by atoms with van der Waals surface area (Å²) < 4.78 is 37.5. The summed E-state index contributed by atoms with van der Waals surface area (Å²) in [6.07, 6.45) is -0.856. The van der Waals surface area contributed by atoms with E-state index in [1.165, 1.54) is 11.3 Å². The highest BCUT2D eigenvalue weighted by Crippen LogP contribution is 2.40. The number of hydrogen-bond donors (Lipinski definition) is 1. The lowest BCUT2D eigenvalue weighted by Gasteiger charge is -2.43. The molecule has 126 valence electrons. The van der Waals surface area contributed by atoms with Gasteiger partial charge in [0.25, 0.3) is 0 Å². The van der Waals surface area contributed by atoms with Crippen molar-refractivity contribution in [1.82, 2.24) is 10.2 Å². The van der Waals surface area contributed by atoms with Gasteiger partial charge in [0.15, 0.2) is 0 Å². The van der Waals surface area contributed by atoms with E-state index in [9.17, 15) is 13.2 Å². The highest BCUT2D eigenvalue weighted by Gasteiger charge is 2.37. The Bertz CT molecular complexity index is 310. The molecule has 0 amide bonds. The van der Waals surface area contributed by atoms with Gasteiger partial charge in [-0.2, -0.15) is 13.2 Å². The van der Waals surface area contributed by atoms with Crippen LogP contribution in [-0.4, -0.2) is 43.8 Å². The summed E-state index contributed by atoms with van der Waals surface area (Å²) in [5.74, 6) is 0.895. The van der Waals surface area contributed by atoms with Crippen molar-refractivity contribution in [3.05, 3.63) is 0 Å². The van der Waals surface area contributed by atoms with E-state index < -0.39 is 12.7 Å². The van der Waals surface area contributed by atoms with Gasteiger partial charge in [-0.05, 0) is 50.1 Å². The van der Waals surface area contributed by atoms with Crippen molar-refractivity contribution in [1.29, 1.82) is 0 Å². The van der Waals surface area contributed by atoms with E-state index in [4.69, 9.17) is 0 Å². The predicted molar refractivity (Wildman–Crippen MR) is 81.3 cm³/mol. The fourth-order valence-corrected chi connectivity index (χ4v) is 3.55. The Kier molecular flexibility index (Phi) is 6.54. The molecule has 0 aromatic carbocycles. The van der Waals surface area contributed by atoms with Gasteiger partial charge in [0, 0.05) is 12.6 Å². The first-order chi connectivity index (χ1) is 9.53. The fraction of sp³-hybridized carbons (Fsp3) is 1.00. The fourth-order valence-electron chi connectivity index (χ4n) is 3.55. The summed E-state index contributed by atoms with van der Waals surface area (Å²) in [6.45, 7) is 9.36. The third-order valence-corrected chi connectivity index (χ3v) is 4.67. The van der Waals surface area contributed by atoms with Crippen molar-refractivity contribution >= 4 is 0 Å².